The van der Waals surface area contributed by atoms with Crippen molar-refractivity contribution in [2.45, 2.75) is 10.3 Å². The number of nitrogens with one attached hydrogen (secondary N) is 1. The summed E-state index contributed by atoms with van der Waals surface area (Å²) >= 11 is 1.96. The average molecular weight is 397 g/mol. The highest BCUT2D eigenvalue weighted by atomic mass is 127. The number of halogens is 1. The second kappa shape index (κ2) is 7.40. The fourth-order valence-electron chi connectivity index (χ4n) is 2.10. The van der Waals surface area contributed by atoms with E-state index in [1.54, 1.807) is 0 Å². The van der Waals surface area contributed by atoms with Gasteiger partial charge < -0.3 is 10.1 Å². The van der Waals surface area contributed by atoms with E-state index in [0.29, 0.717) is 6.42 Å². The first-order valence-corrected chi connectivity index (χ1v) is 7.81. The molecule has 0 aliphatic carbocycles. The second-order valence-electron chi connectivity index (χ2n) is 4.61. The Morgan fingerprint density at radius 2 is 1.90 bits per heavy atom. The molecular weight excluding hydrogens is 381 g/mol. The molecular formula is C16H16INO3. The fourth-order valence-corrected chi connectivity index (χ4v) is 2.57. The van der Waals surface area contributed by atoms with Crippen molar-refractivity contribution in [3.63, 3.8) is 0 Å². The summed E-state index contributed by atoms with van der Waals surface area (Å²) in [5.41, 5.74) is 0.980. The molecule has 0 saturated heterocycles. The van der Waals surface area contributed by atoms with Crippen molar-refractivity contribution in [3.05, 3.63) is 48.0 Å². The first-order valence-electron chi connectivity index (χ1n) is 6.57. The molecule has 110 valence electrons. The maximum absolute atomic E-state index is 12.0. The molecule has 2 rings (SSSR count). The molecule has 0 aliphatic rings. The minimum Gasteiger partial charge on any atom is -0.468 e. The lowest BCUT2D eigenvalue weighted by atomic mass is 10.0. The molecule has 5 heteroatoms. The maximum Gasteiger partial charge on any atom is 0.320 e. The van der Waals surface area contributed by atoms with E-state index in [4.69, 9.17) is 0 Å². The zero-order chi connectivity index (χ0) is 15.2. The molecule has 1 amide bonds. The van der Waals surface area contributed by atoms with Crippen LogP contribution in [0.3, 0.4) is 0 Å². The number of rotatable bonds is 5. The number of methoxy groups -OCH3 is 1. The standard InChI is InChI=1S/C16H16INO3/c1-21-16(20)14(17)10-18-15(19)9-12-7-4-6-11-5-2-3-8-13(11)12/h2-8,14H,9-10H2,1H3,(H,18,19). The van der Waals surface area contributed by atoms with Crippen LogP contribution in [0, 0.1) is 0 Å². The molecule has 0 aliphatic heterocycles. The SMILES string of the molecule is COC(=O)C(I)CNC(=O)Cc1cccc2ccccc12. The lowest BCUT2D eigenvalue weighted by Crippen LogP contribution is -2.34. The number of hydrogen-bond donors (Lipinski definition) is 1. The monoisotopic (exact) mass is 397 g/mol. The van der Waals surface area contributed by atoms with Crippen LogP contribution in [0.25, 0.3) is 10.8 Å². The molecule has 4 nitrogen and oxygen atoms in total. The molecule has 2 aromatic carbocycles. The largest absolute Gasteiger partial charge is 0.468 e. The molecule has 0 spiro atoms. The van der Waals surface area contributed by atoms with Gasteiger partial charge in [0.15, 0.2) is 0 Å². The van der Waals surface area contributed by atoms with E-state index in [1.807, 2.05) is 65.1 Å². The molecule has 0 aromatic heterocycles. The van der Waals surface area contributed by atoms with E-state index in [-0.39, 0.29) is 22.3 Å². The Labute approximate surface area is 137 Å². The lowest BCUT2D eigenvalue weighted by Gasteiger charge is -2.10. The summed E-state index contributed by atoms with van der Waals surface area (Å²) in [4.78, 5) is 23.3. The number of fused-ring (bicyclic) bond motifs is 1. The topological polar surface area (TPSA) is 55.4 Å². The van der Waals surface area contributed by atoms with E-state index in [0.717, 1.165) is 16.3 Å². The van der Waals surface area contributed by atoms with Gasteiger partial charge in [0.25, 0.3) is 0 Å². The highest BCUT2D eigenvalue weighted by molar-refractivity contribution is 14.1. The summed E-state index contributed by atoms with van der Waals surface area (Å²) in [5.74, 6) is -0.432. The van der Waals surface area contributed by atoms with Crippen LogP contribution in [0.15, 0.2) is 42.5 Å². The van der Waals surface area contributed by atoms with Gasteiger partial charge in [0.2, 0.25) is 5.91 Å². The Balaban J connectivity index is 2.00. The van der Waals surface area contributed by atoms with Gasteiger partial charge in [-0.05, 0) is 16.3 Å². The minimum atomic E-state index is -0.371. The number of amides is 1. The summed E-state index contributed by atoms with van der Waals surface area (Å²) in [6, 6.07) is 13.9. The molecule has 0 fully saturated rings. The van der Waals surface area contributed by atoms with Crippen molar-refractivity contribution in [2.75, 3.05) is 13.7 Å². The van der Waals surface area contributed by atoms with E-state index < -0.39 is 0 Å². The molecule has 1 N–H and O–H groups in total. The Hall–Kier alpha value is -1.63. The molecule has 0 heterocycles. The summed E-state index contributed by atoms with van der Waals surface area (Å²) < 4.78 is 4.25. The predicted octanol–water partition coefficient (Wildman–Crippen LogP) is 2.48. The van der Waals surface area contributed by atoms with Crippen LogP contribution < -0.4 is 5.32 Å². The van der Waals surface area contributed by atoms with Crippen molar-refractivity contribution in [1.82, 2.24) is 5.32 Å². The van der Waals surface area contributed by atoms with Gasteiger partial charge >= 0.3 is 5.97 Å². The van der Waals surface area contributed by atoms with Crippen LogP contribution in [0.1, 0.15) is 5.56 Å². The Morgan fingerprint density at radius 1 is 1.19 bits per heavy atom. The highest BCUT2D eigenvalue weighted by Gasteiger charge is 2.16. The highest BCUT2D eigenvalue weighted by Crippen LogP contribution is 2.18. The summed E-state index contributed by atoms with van der Waals surface area (Å²) in [5, 5.41) is 4.96. The van der Waals surface area contributed by atoms with E-state index >= 15 is 0 Å². The molecule has 0 saturated carbocycles. The number of ether oxygens (including phenoxy) is 1. The van der Waals surface area contributed by atoms with Crippen LogP contribution in [-0.2, 0) is 20.7 Å². The summed E-state index contributed by atoms with van der Waals surface area (Å²) in [7, 11) is 1.34. The van der Waals surface area contributed by atoms with Gasteiger partial charge in [-0.25, -0.2) is 0 Å². The average Bonchev–Trinajstić information content (AvgIpc) is 2.52. The van der Waals surface area contributed by atoms with Crippen molar-refractivity contribution in [1.29, 1.82) is 0 Å². The minimum absolute atomic E-state index is 0.100. The van der Waals surface area contributed by atoms with Crippen LogP contribution in [0.5, 0.6) is 0 Å². The van der Waals surface area contributed by atoms with Crippen LogP contribution in [0.4, 0.5) is 0 Å². The quantitative estimate of drug-likeness (QED) is 0.479. The third-order valence-electron chi connectivity index (χ3n) is 3.17. The van der Waals surface area contributed by atoms with Gasteiger partial charge in [0.1, 0.15) is 3.92 Å². The molecule has 2 aromatic rings. The van der Waals surface area contributed by atoms with Crippen molar-refractivity contribution >= 4 is 45.2 Å². The third-order valence-corrected chi connectivity index (χ3v) is 4.12. The first-order chi connectivity index (χ1) is 10.1. The third kappa shape index (κ3) is 4.17. The molecule has 1 atom stereocenters. The van der Waals surface area contributed by atoms with Gasteiger partial charge in [-0.2, -0.15) is 0 Å². The first kappa shape index (κ1) is 15.8. The van der Waals surface area contributed by atoms with Crippen LogP contribution in [0.2, 0.25) is 0 Å². The summed E-state index contributed by atoms with van der Waals surface area (Å²) in [6.45, 7) is 0.275. The zero-order valence-corrected chi connectivity index (χ0v) is 13.8. The molecule has 21 heavy (non-hydrogen) atoms. The number of esters is 1. The number of carbonyl (C=O) groups is 2. The maximum atomic E-state index is 12.0. The van der Waals surface area contributed by atoms with Gasteiger partial charge in [0, 0.05) is 6.54 Å². The van der Waals surface area contributed by atoms with Crippen LogP contribution in [-0.4, -0.2) is 29.5 Å². The predicted molar refractivity (Wildman–Crippen MR) is 90.5 cm³/mol. The molecule has 0 bridgehead atoms. The Bertz CT molecular complexity index is 652. The lowest BCUT2D eigenvalue weighted by molar-refractivity contribution is -0.139. The number of hydrogen-bond acceptors (Lipinski definition) is 3. The van der Waals surface area contributed by atoms with E-state index in [1.165, 1.54) is 7.11 Å². The molecule has 1 unspecified atom stereocenters. The fraction of sp³-hybridized carbons (Fsp3) is 0.250. The smallest absolute Gasteiger partial charge is 0.320 e. The number of carbonyl (C=O) groups excluding carboxylic acids is 2. The zero-order valence-electron chi connectivity index (χ0n) is 11.6. The molecule has 0 radical (unpaired) electrons. The van der Waals surface area contributed by atoms with Gasteiger partial charge in [0.05, 0.1) is 13.5 Å². The number of benzene rings is 2. The van der Waals surface area contributed by atoms with Gasteiger partial charge in [-0.1, -0.05) is 65.1 Å². The van der Waals surface area contributed by atoms with Gasteiger partial charge in [-0.3, -0.25) is 9.59 Å². The van der Waals surface area contributed by atoms with Crippen molar-refractivity contribution < 1.29 is 14.3 Å². The van der Waals surface area contributed by atoms with Crippen molar-refractivity contribution in [2.24, 2.45) is 0 Å². The second-order valence-corrected chi connectivity index (χ2v) is 6.11. The summed E-state index contributed by atoms with van der Waals surface area (Å²) in [6.07, 6.45) is 0.298. The Kier molecular flexibility index (Phi) is 5.55. The van der Waals surface area contributed by atoms with Crippen molar-refractivity contribution in [3.8, 4) is 0 Å². The van der Waals surface area contributed by atoms with E-state index in [2.05, 4.69) is 10.1 Å². The normalized spacial score (nSPS) is 11.9. The van der Waals surface area contributed by atoms with E-state index in [9.17, 15) is 9.59 Å². The number of alkyl halides is 1. The van der Waals surface area contributed by atoms with Crippen LogP contribution >= 0.6 is 22.6 Å². The van der Waals surface area contributed by atoms with Gasteiger partial charge in [-0.15, -0.1) is 0 Å². The Morgan fingerprint density at radius 3 is 2.67 bits per heavy atom.